The van der Waals surface area contributed by atoms with Crippen molar-refractivity contribution in [1.29, 1.82) is 0 Å². The fourth-order valence-corrected chi connectivity index (χ4v) is 1.68. The van der Waals surface area contributed by atoms with Gasteiger partial charge in [0.2, 0.25) is 17.9 Å². The second-order valence-electron chi connectivity index (χ2n) is 3.67. The van der Waals surface area contributed by atoms with Crippen LogP contribution in [0.15, 0.2) is 29.6 Å². The van der Waals surface area contributed by atoms with E-state index in [2.05, 4.69) is 15.3 Å². The largest absolute Gasteiger partial charge is 0.400 e. The maximum atomic E-state index is 10.6. The van der Waals surface area contributed by atoms with Gasteiger partial charge in [0.05, 0.1) is 0 Å². The van der Waals surface area contributed by atoms with Gasteiger partial charge in [0, 0.05) is 20.2 Å². The molecule has 0 aliphatic rings. The van der Waals surface area contributed by atoms with Gasteiger partial charge in [0.25, 0.3) is 0 Å². The van der Waals surface area contributed by atoms with E-state index in [0.717, 1.165) is 24.2 Å². The van der Waals surface area contributed by atoms with Crippen LogP contribution in [-0.4, -0.2) is 22.3 Å². The fraction of sp³-hybridized carbons (Fsp3) is 0.333. The van der Waals surface area contributed by atoms with Gasteiger partial charge in [0.15, 0.2) is 0 Å². The summed E-state index contributed by atoms with van der Waals surface area (Å²) >= 11 is 0. The molecular formula is C12H17N4O2+. The van der Waals surface area contributed by atoms with E-state index >= 15 is 0 Å². The molecule has 2 N–H and O–H groups in total. The van der Waals surface area contributed by atoms with Gasteiger partial charge in [-0.2, -0.15) is 5.10 Å². The number of nitroso groups, excluding NO2 is 1. The summed E-state index contributed by atoms with van der Waals surface area (Å²) in [6.45, 7) is 4.31. The quantitative estimate of drug-likeness (QED) is 0.636. The lowest BCUT2D eigenvalue weighted by molar-refractivity contribution is -0.748. The van der Waals surface area contributed by atoms with Crippen LogP contribution in [-0.2, 0) is 6.54 Å². The van der Waals surface area contributed by atoms with Crippen LogP contribution in [0.5, 0.6) is 0 Å². The van der Waals surface area contributed by atoms with E-state index in [-0.39, 0.29) is 0 Å². The molecule has 0 amide bonds. The van der Waals surface area contributed by atoms with Crippen LogP contribution in [0.2, 0.25) is 0 Å². The average molecular weight is 249 g/mol. The summed E-state index contributed by atoms with van der Waals surface area (Å²) < 4.78 is 1.87. The Morgan fingerprint density at radius 3 is 2.61 bits per heavy atom. The first kappa shape index (κ1) is 14.0. The maximum Gasteiger partial charge on any atom is 0.234 e. The summed E-state index contributed by atoms with van der Waals surface area (Å²) in [5.41, 5.74) is 3.03. The fourth-order valence-electron chi connectivity index (χ4n) is 1.68. The van der Waals surface area contributed by atoms with Crippen molar-refractivity contribution >= 4 is 5.69 Å². The SMILES string of the molecule is CO.Cc1[nH][n+](Cc2ccccn2)c(C)c1N=O. The Hall–Kier alpha value is -2.08. The molecule has 0 aliphatic carbocycles. The van der Waals surface area contributed by atoms with Crippen LogP contribution in [0.1, 0.15) is 17.1 Å². The van der Waals surface area contributed by atoms with Gasteiger partial charge < -0.3 is 5.11 Å². The van der Waals surface area contributed by atoms with Crippen LogP contribution in [0.25, 0.3) is 0 Å². The van der Waals surface area contributed by atoms with Crippen LogP contribution >= 0.6 is 0 Å². The van der Waals surface area contributed by atoms with E-state index < -0.39 is 0 Å². The normalized spacial score (nSPS) is 9.56. The molecule has 0 radical (unpaired) electrons. The summed E-state index contributed by atoms with van der Waals surface area (Å²) in [6.07, 6.45) is 1.75. The van der Waals surface area contributed by atoms with Crippen molar-refractivity contribution < 1.29 is 9.79 Å². The summed E-state index contributed by atoms with van der Waals surface area (Å²) in [7, 11) is 1.00. The third kappa shape index (κ3) is 2.98. The van der Waals surface area contributed by atoms with Crippen molar-refractivity contribution in [3.05, 3.63) is 46.4 Å². The van der Waals surface area contributed by atoms with Crippen molar-refractivity contribution in [3.63, 3.8) is 0 Å². The number of aliphatic hydroxyl groups is 1. The molecule has 0 spiro atoms. The Bertz CT molecular complexity index is 508. The molecule has 2 aromatic heterocycles. The summed E-state index contributed by atoms with van der Waals surface area (Å²) in [4.78, 5) is 14.8. The Kier molecular flexibility index (Phi) is 5.13. The molecule has 2 rings (SSSR count). The Morgan fingerprint density at radius 2 is 2.11 bits per heavy atom. The highest BCUT2D eigenvalue weighted by Gasteiger charge is 2.20. The lowest BCUT2D eigenvalue weighted by atomic mass is 10.3. The van der Waals surface area contributed by atoms with Crippen molar-refractivity contribution in [2.24, 2.45) is 5.18 Å². The third-order valence-electron chi connectivity index (χ3n) is 2.54. The van der Waals surface area contributed by atoms with E-state index in [0.29, 0.717) is 12.2 Å². The van der Waals surface area contributed by atoms with E-state index in [4.69, 9.17) is 5.11 Å². The van der Waals surface area contributed by atoms with Crippen molar-refractivity contribution in [3.8, 4) is 0 Å². The Balaban J connectivity index is 0.000000771. The summed E-state index contributed by atoms with van der Waals surface area (Å²) in [6, 6.07) is 5.75. The Labute approximate surface area is 105 Å². The number of aliphatic hydroxyl groups excluding tert-OH is 1. The van der Waals surface area contributed by atoms with Gasteiger partial charge in [-0.05, 0) is 24.2 Å². The third-order valence-corrected chi connectivity index (χ3v) is 2.54. The summed E-state index contributed by atoms with van der Waals surface area (Å²) in [5, 5.41) is 13.1. The highest BCUT2D eigenvalue weighted by atomic mass is 16.3. The number of aryl methyl sites for hydroxylation is 1. The summed E-state index contributed by atoms with van der Waals surface area (Å²) in [5.74, 6) is 0. The number of aromatic nitrogens is 3. The second-order valence-corrected chi connectivity index (χ2v) is 3.67. The molecule has 2 aromatic rings. The molecule has 0 fully saturated rings. The molecule has 0 bridgehead atoms. The number of pyridine rings is 1. The average Bonchev–Trinajstić information content (AvgIpc) is 2.68. The van der Waals surface area contributed by atoms with Crippen LogP contribution in [0.3, 0.4) is 0 Å². The molecule has 0 unspecified atom stereocenters. The van der Waals surface area contributed by atoms with E-state index in [1.165, 1.54) is 0 Å². The van der Waals surface area contributed by atoms with Gasteiger partial charge in [-0.25, -0.2) is 0 Å². The van der Waals surface area contributed by atoms with E-state index in [1.54, 1.807) is 6.20 Å². The minimum absolute atomic E-state index is 0.482. The van der Waals surface area contributed by atoms with Crippen LogP contribution in [0.4, 0.5) is 5.69 Å². The van der Waals surface area contributed by atoms with E-state index in [1.807, 2.05) is 36.7 Å². The number of rotatable bonds is 3. The molecule has 2 heterocycles. The number of aromatic amines is 1. The van der Waals surface area contributed by atoms with Gasteiger partial charge in [-0.3, -0.25) is 4.98 Å². The van der Waals surface area contributed by atoms with Crippen molar-refractivity contribution in [1.82, 2.24) is 10.1 Å². The number of hydrogen-bond acceptors (Lipinski definition) is 4. The topological polar surface area (TPSA) is 82.2 Å². The first-order valence-electron chi connectivity index (χ1n) is 5.49. The first-order chi connectivity index (χ1) is 8.72. The molecule has 0 saturated heterocycles. The first-order valence-corrected chi connectivity index (χ1v) is 5.49. The second kappa shape index (κ2) is 6.61. The van der Waals surface area contributed by atoms with Gasteiger partial charge >= 0.3 is 0 Å². The van der Waals surface area contributed by atoms with Gasteiger partial charge in [0.1, 0.15) is 11.4 Å². The minimum atomic E-state index is 0.482. The predicted octanol–water partition coefficient (Wildman–Crippen LogP) is 1.37. The number of nitrogens with one attached hydrogen (secondary N) is 1. The number of hydrogen-bond donors (Lipinski definition) is 2. The van der Waals surface area contributed by atoms with Crippen LogP contribution < -0.4 is 4.68 Å². The lowest BCUT2D eigenvalue weighted by Gasteiger charge is -1.94. The molecule has 0 atom stereocenters. The van der Waals surface area contributed by atoms with Crippen LogP contribution in [0, 0.1) is 18.8 Å². The highest BCUT2D eigenvalue weighted by molar-refractivity contribution is 5.42. The Morgan fingerprint density at radius 1 is 1.39 bits per heavy atom. The van der Waals surface area contributed by atoms with Crippen molar-refractivity contribution in [2.75, 3.05) is 7.11 Å². The highest BCUT2D eigenvalue weighted by Crippen LogP contribution is 2.18. The van der Waals surface area contributed by atoms with Gasteiger partial charge in [-0.1, -0.05) is 6.07 Å². The van der Waals surface area contributed by atoms with Crippen molar-refractivity contribution in [2.45, 2.75) is 20.4 Å². The molecule has 96 valence electrons. The number of nitrogens with zero attached hydrogens (tertiary/aromatic N) is 3. The molecule has 18 heavy (non-hydrogen) atoms. The molecular weight excluding hydrogens is 232 g/mol. The monoisotopic (exact) mass is 249 g/mol. The molecule has 0 saturated carbocycles. The zero-order valence-corrected chi connectivity index (χ0v) is 10.7. The molecule has 0 aromatic carbocycles. The molecule has 6 nitrogen and oxygen atoms in total. The zero-order chi connectivity index (χ0) is 13.5. The smallest absolute Gasteiger partial charge is 0.234 e. The maximum absolute atomic E-state index is 10.6. The predicted molar refractivity (Wildman–Crippen MR) is 67.4 cm³/mol. The number of H-pyrrole nitrogens is 1. The van der Waals surface area contributed by atoms with E-state index in [9.17, 15) is 4.91 Å². The zero-order valence-electron chi connectivity index (χ0n) is 10.7. The molecule has 0 aliphatic heterocycles. The van der Waals surface area contributed by atoms with Gasteiger partial charge in [-0.15, -0.1) is 9.59 Å². The lowest BCUT2D eigenvalue weighted by Crippen LogP contribution is -2.39. The minimum Gasteiger partial charge on any atom is -0.400 e. The standard InChI is InChI=1S/C11H12N4O.CH4O/c1-8-11(14-16)9(2)15(13-8)7-10-5-3-4-6-12-10;1-2/h3-6H,7H2,1-2H3;2H,1H3/p+1. The molecule has 6 heteroatoms.